The minimum Gasteiger partial charge on any atom is -0.478 e. The van der Waals surface area contributed by atoms with Crippen molar-refractivity contribution < 1.29 is 14.7 Å². The predicted molar refractivity (Wildman–Crippen MR) is 86.6 cm³/mol. The zero-order valence-electron chi connectivity index (χ0n) is 13.0. The van der Waals surface area contributed by atoms with Crippen LogP contribution >= 0.6 is 0 Å². The predicted octanol–water partition coefficient (Wildman–Crippen LogP) is 2.45. The molecule has 0 unspecified atom stereocenters. The molecule has 0 radical (unpaired) electrons. The number of aliphatic carboxylic acids is 1. The van der Waals surface area contributed by atoms with Crippen molar-refractivity contribution >= 4 is 23.6 Å². The van der Waals surface area contributed by atoms with Gasteiger partial charge in [-0.25, -0.2) is 4.79 Å². The average Bonchev–Trinajstić information content (AvgIpc) is 2.89. The Morgan fingerprint density at radius 2 is 2.05 bits per heavy atom. The van der Waals surface area contributed by atoms with E-state index in [2.05, 4.69) is 17.1 Å². The molecule has 1 fully saturated rings. The molecule has 2 rings (SSSR count). The van der Waals surface area contributed by atoms with Crippen molar-refractivity contribution in [1.82, 2.24) is 4.90 Å². The minimum atomic E-state index is -0.980. The van der Waals surface area contributed by atoms with Gasteiger partial charge in [0, 0.05) is 18.3 Å². The number of carboxylic acids is 1. The smallest absolute Gasteiger partial charge is 0.328 e. The number of carbonyl (C=O) groups excluding carboxylic acids is 1. The van der Waals surface area contributed by atoms with Gasteiger partial charge in [-0.05, 0) is 50.2 Å². The van der Waals surface area contributed by atoms with E-state index in [1.54, 1.807) is 24.3 Å². The third kappa shape index (κ3) is 3.95. The molecule has 0 spiro atoms. The van der Waals surface area contributed by atoms with Gasteiger partial charge in [0.25, 0.3) is 0 Å². The lowest BCUT2D eigenvalue weighted by molar-refractivity contribution is -0.131. The van der Waals surface area contributed by atoms with Crippen molar-refractivity contribution in [2.75, 3.05) is 25.0 Å². The molecular formula is C17H22N2O3. The van der Waals surface area contributed by atoms with Crippen molar-refractivity contribution in [2.24, 2.45) is 5.41 Å². The molecule has 0 aliphatic carbocycles. The average molecular weight is 302 g/mol. The molecule has 118 valence electrons. The zero-order chi connectivity index (χ0) is 16.2. The number of hydrogen-bond acceptors (Lipinski definition) is 3. The highest BCUT2D eigenvalue weighted by Crippen LogP contribution is 2.31. The second-order valence-electron chi connectivity index (χ2n) is 5.93. The fourth-order valence-electron chi connectivity index (χ4n) is 2.64. The number of anilines is 1. The molecule has 1 aliphatic rings. The number of carboxylic acid groups (broad SMARTS) is 1. The molecule has 5 nitrogen and oxygen atoms in total. The van der Waals surface area contributed by atoms with Crippen LogP contribution < -0.4 is 5.32 Å². The summed E-state index contributed by atoms with van der Waals surface area (Å²) in [5.74, 6) is -0.940. The Hall–Kier alpha value is -2.14. The van der Waals surface area contributed by atoms with Crippen LogP contribution in [0.4, 0.5) is 5.69 Å². The summed E-state index contributed by atoms with van der Waals surface area (Å²) in [4.78, 5) is 25.2. The molecule has 0 bridgehead atoms. The summed E-state index contributed by atoms with van der Waals surface area (Å²) in [5.41, 5.74) is 1.16. The maximum absolute atomic E-state index is 12.5. The number of rotatable bonds is 5. The summed E-state index contributed by atoms with van der Waals surface area (Å²) in [7, 11) is 0. The Kier molecular flexibility index (Phi) is 4.98. The number of carbonyl (C=O) groups is 2. The highest BCUT2D eigenvalue weighted by Gasteiger charge is 2.39. The minimum absolute atomic E-state index is 0.0391. The number of likely N-dealkylation sites (tertiary alicyclic amines) is 1. The maximum atomic E-state index is 12.5. The van der Waals surface area contributed by atoms with Crippen molar-refractivity contribution in [3.63, 3.8) is 0 Å². The first kappa shape index (κ1) is 16.2. The summed E-state index contributed by atoms with van der Waals surface area (Å²) in [6, 6.07) is 7.14. The van der Waals surface area contributed by atoms with Gasteiger partial charge < -0.3 is 15.3 Å². The highest BCUT2D eigenvalue weighted by atomic mass is 16.4. The normalized spacial score (nSPS) is 22.1. The van der Waals surface area contributed by atoms with Crippen LogP contribution in [0, 0.1) is 5.41 Å². The van der Waals surface area contributed by atoms with Gasteiger partial charge in [0.05, 0.1) is 5.41 Å². The van der Waals surface area contributed by atoms with Gasteiger partial charge in [0.1, 0.15) is 0 Å². The second-order valence-corrected chi connectivity index (χ2v) is 5.93. The molecule has 22 heavy (non-hydrogen) atoms. The maximum Gasteiger partial charge on any atom is 0.328 e. The number of hydrogen-bond donors (Lipinski definition) is 2. The first-order valence-electron chi connectivity index (χ1n) is 7.48. The number of nitrogens with zero attached hydrogens (tertiary/aromatic N) is 1. The van der Waals surface area contributed by atoms with Crippen molar-refractivity contribution in [3.05, 3.63) is 35.9 Å². The molecule has 2 N–H and O–H groups in total. The fraction of sp³-hybridized carbons (Fsp3) is 0.412. The van der Waals surface area contributed by atoms with Gasteiger partial charge in [-0.1, -0.05) is 19.1 Å². The number of amides is 1. The molecule has 1 atom stereocenters. The van der Waals surface area contributed by atoms with Gasteiger partial charge >= 0.3 is 5.97 Å². The molecule has 1 aromatic rings. The zero-order valence-corrected chi connectivity index (χ0v) is 13.0. The SMILES string of the molecule is CCN1CC[C@@](C)(C(=O)Nc2ccc(/C=C/C(=O)O)cc2)C1. The monoisotopic (exact) mass is 302 g/mol. The molecule has 1 saturated heterocycles. The van der Waals surface area contributed by atoms with Gasteiger partial charge in [0.15, 0.2) is 0 Å². The van der Waals surface area contributed by atoms with Crippen LogP contribution in [0.3, 0.4) is 0 Å². The van der Waals surface area contributed by atoms with Gasteiger partial charge in [-0.15, -0.1) is 0 Å². The number of benzene rings is 1. The standard InChI is InChI=1S/C17H22N2O3/c1-3-19-11-10-17(2,12-19)16(22)18-14-7-4-13(5-8-14)6-9-15(20)21/h4-9H,3,10-12H2,1-2H3,(H,18,22)(H,20,21)/b9-6+/t17-/m1/s1. The summed E-state index contributed by atoms with van der Waals surface area (Å²) >= 11 is 0. The van der Waals surface area contributed by atoms with Crippen molar-refractivity contribution in [1.29, 1.82) is 0 Å². The summed E-state index contributed by atoms with van der Waals surface area (Å²) < 4.78 is 0. The van der Waals surface area contributed by atoms with E-state index in [1.807, 2.05) is 6.92 Å². The Morgan fingerprint density at radius 1 is 1.36 bits per heavy atom. The van der Waals surface area contributed by atoms with Crippen LogP contribution in [-0.2, 0) is 9.59 Å². The molecule has 0 saturated carbocycles. The Bertz CT molecular complexity index is 580. The van der Waals surface area contributed by atoms with E-state index in [-0.39, 0.29) is 11.3 Å². The molecule has 1 aliphatic heterocycles. The van der Waals surface area contributed by atoms with E-state index >= 15 is 0 Å². The Balaban J connectivity index is 1.99. The van der Waals surface area contributed by atoms with Crippen LogP contribution in [-0.4, -0.2) is 41.5 Å². The fourth-order valence-corrected chi connectivity index (χ4v) is 2.64. The molecule has 0 aromatic heterocycles. The third-order valence-corrected chi connectivity index (χ3v) is 4.13. The highest BCUT2D eigenvalue weighted by molar-refractivity contribution is 5.95. The summed E-state index contributed by atoms with van der Waals surface area (Å²) in [5, 5.41) is 11.5. The topological polar surface area (TPSA) is 69.6 Å². The van der Waals surface area contributed by atoms with E-state index in [0.29, 0.717) is 0 Å². The van der Waals surface area contributed by atoms with Crippen LogP contribution in [0.25, 0.3) is 6.08 Å². The van der Waals surface area contributed by atoms with Crippen LogP contribution in [0.1, 0.15) is 25.8 Å². The Labute approximate surface area is 130 Å². The quantitative estimate of drug-likeness (QED) is 0.820. The van der Waals surface area contributed by atoms with E-state index in [9.17, 15) is 9.59 Å². The van der Waals surface area contributed by atoms with E-state index in [4.69, 9.17) is 5.11 Å². The third-order valence-electron chi connectivity index (χ3n) is 4.13. The van der Waals surface area contributed by atoms with Crippen molar-refractivity contribution in [2.45, 2.75) is 20.3 Å². The first-order valence-corrected chi connectivity index (χ1v) is 7.48. The lowest BCUT2D eigenvalue weighted by Gasteiger charge is -2.23. The lowest BCUT2D eigenvalue weighted by atomic mass is 9.88. The van der Waals surface area contributed by atoms with Gasteiger partial charge in [-0.2, -0.15) is 0 Å². The van der Waals surface area contributed by atoms with E-state index in [1.165, 1.54) is 6.08 Å². The van der Waals surface area contributed by atoms with Gasteiger partial charge in [-0.3, -0.25) is 4.79 Å². The molecule has 1 aromatic carbocycles. The van der Waals surface area contributed by atoms with Gasteiger partial charge in [0.2, 0.25) is 5.91 Å². The van der Waals surface area contributed by atoms with E-state index < -0.39 is 5.97 Å². The first-order chi connectivity index (χ1) is 10.4. The largest absolute Gasteiger partial charge is 0.478 e. The Morgan fingerprint density at radius 3 is 2.59 bits per heavy atom. The number of nitrogens with one attached hydrogen (secondary N) is 1. The van der Waals surface area contributed by atoms with Crippen LogP contribution in [0.15, 0.2) is 30.3 Å². The van der Waals surface area contributed by atoms with Crippen LogP contribution in [0.5, 0.6) is 0 Å². The molecular weight excluding hydrogens is 280 g/mol. The van der Waals surface area contributed by atoms with E-state index in [0.717, 1.165) is 43.4 Å². The molecule has 1 heterocycles. The molecule has 5 heteroatoms. The summed E-state index contributed by atoms with van der Waals surface area (Å²) in [6.45, 7) is 6.82. The molecule has 1 amide bonds. The van der Waals surface area contributed by atoms with Crippen molar-refractivity contribution in [3.8, 4) is 0 Å². The summed E-state index contributed by atoms with van der Waals surface area (Å²) in [6.07, 6.45) is 3.48. The van der Waals surface area contributed by atoms with Crippen LogP contribution in [0.2, 0.25) is 0 Å². The lowest BCUT2D eigenvalue weighted by Crippen LogP contribution is -2.36. The second kappa shape index (κ2) is 6.75.